The van der Waals surface area contributed by atoms with E-state index in [1.807, 2.05) is 23.6 Å². The summed E-state index contributed by atoms with van der Waals surface area (Å²) in [7, 11) is 1.88. The highest BCUT2D eigenvalue weighted by Crippen LogP contribution is 2.17. The molecule has 0 bridgehead atoms. The number of hydrogen-bond acceptors (Lipinski definition) is 5. The quantitative estimate of drug-likeness (QED) is 0.685. The first-order valence-corrected chi connectivity index (χ1v) is 9.00. The maximum Gasteiger partial charge on any atom is 0.289 e. The third kappa shape index (κ3) is 3.20. The van der Waals surface area contributed by atoms with Crippen LogP contribution in [0.4, 0.5) is 0 Å². The number of carbonyl (C=O) groups excluding carboxylic acids is 2. The van der Waals surface area contributed by atoms with Crippen molar-refractivity contribution in [1.82, 2.24) is 29.4 Å². The molecule has 0 aliphatic carbocycles. The van der Waals surface area contributed by atoms with Gasteiger partial charge in [-0.15, -0.1) is 0 Å². The average Bonchev–Trinajstić information content (AvgIpc) is 3.39. The van der Waals surface area contributed by atoms with Crippen molar-refractivity contribution >= 4 is 22.8 Å². The number of piperazine rings is 1. The van der Waals surface area contributed by atoms with Gasteiger partial charge in [-0.1, -0.05) is 0 Å². The van der Waals surface area contributed by atoms with E-state index in [4.69, 9.17) is 4.42 Å². The van der Waals surface area contributed by atoms with Crippen molar-refractivity contribution in [1.29, 1.82) is 0 Å². The molecule has 0 N–H and O–H groups in total. The highest BCUT2D eigenvalue weighted by atomic mass is 16.3. The molecule has 0 saturated carbocycles. The lowest BCUT2D eigenvalue weighted by Gasteiger charge is -2.34. The number of amides is 2. The minimum atomic E-state index is -0.127. The second-order valence-electron chi connectivity index (χ2n) is 6.71. The minimum absolute atomic E-state index is 0.0743. The second-order valence-corrected chi connectivity index (χ2v) is 6.71. The molecule has 1 saturated heterocycles. The van der Waals surface area contributed by atoms with Crippen molar-refractivity contribution in [3.63, 3.8) is 0 Å². The largest absolute Gasteiger partial charge is 0.459 e. The van der Waals surface area contributed by atoms with Gasteiger partial charge in [0.15, 0.2) is 5.76 Å². The number of hydrogen-bond donors (Lipinski definition) is 0. The van der Waals surface area contributed by atoms with Gasteiger partial charge in [0.1, 0.15) is 11.0 Å². The van der Waals surface area contributed by atoms with Crippen LogP contribution in [0.5, 0.6) is 0 Å². The first-order valence-electron chi connectivity index (χ1n) is 9.00. The number of nitrogens with zero attached hydrogens (tertiary/aromatic N) is 6. The first kappa shape index (κ1) is 17.3. The van der Waals surface area contributed by atoms with Crippen molar-refractivity contribution in [3.05, 3.63) is 36.0 Å². The van der Waals surface area contributed by atoms with Crippen LogP contribution >= 0.6 is 0 Å². The molecule has 9 heteroatoms. The Morgan fingerprint density at radius 3 is 2.63 bits per heavy atom. The molecule has 0 atom stereocenters. The van der Waals surface area contributed by atoms with E-state index in [0.717, 1.165) is 16.7 Å². The fraction of sp³-hybridized carbons (Fsp3) is 0.444. The molecule has 4 heterocycles. The zero-order valence-electron chi connectivity index (χ0n) is 15.5. The molecule has 2 amide bonds. The van der Waals surface area contributed by atoms with Gasteiger partial charge < -0.3 is 14.2 Å². The highest BCUT2D eigenvalue weighted by Gasteiger charge is 2.26. The fourth-order valence-electron chi connectivity index (χ4n) is 3.55. The van der Waals surface area contributed by atoms with E-state index in [1.54, 1.807) is 27.9 Å². The fourth-order valence-corrected chi connectivity index (χ4v) is 3.55. The SMILES string of the molecule is Cc1nn(C)c2cnn(CCC(=O)N3CCN(C(=O)c4ccco4)CC3)c12. The Labute approximate surface area is 156 Å². The second kappa shape index (κ2) is 6.90. The summed E-state index contributed by atoms with van der Waals surface area (Å²) in [6.07, 6.45) is 3.64. The van der Waals surface area contributed by atoms with Gasteiger partial charge in [-0.3, -0.25) is 19.0 Å². The number of aromatic nitrogens is 4. The summed E-state index contributed by atoms with van der Waals surface area (Å²) < 4.78 is 8.80. The molecule has 9 nitrogen and oxygen atoms in total. The summed E-state index contributed by atoms with van der Waals surface area (Å²) >= 11 is 0. The lowest BCUT2D eigenvalue weighted by atomic mass is 10.2. The Balaban J connectivity index is 1.32. The number of furan rings is 1. The molecular formula is C18H22N6O3. The van der Waals surface area contributed by atoms with Crippen LogP contribution in [0.1, 0.15) is 22.7 Å². The van der Waals surface area contributed by atoms with Crippen LogP contribution < -0.4 is 0 Å². The van der Waals surface area contributed by atoms with Crippen molar-refractivity contribution in [2.75, 3.05) is 26.2 Å². The number of rotatable bonds is 4. The summed E-state index contributed by atoms with van der Waals surface area (Å²) in [5.41, 5.74) is 2.84. The predicted octanol–water partition coefficient (Wildman–Crippen LogP) is 1.05. The normalized spacial score (nSPS) is 14.9. The number of fused-ring (bicyclic) bond motifs is 1. The average molecular weight is 370 g/mol. The maximum absolute atomic E-state index is 12.6. The van der Waals surface area contributed by atoms with Gasteiger partial charge in [-0.2, -0.15) is 10.2 Å². The molecule has 1 aliphatic rings. The predicted molar refractivity (Wildman–Crippen MR) is 97.0 cm³/mol. The maximum atomic E-state index is 12.6. The topological polar surface area (TPSA) is 89.4 Å². The molecule has 1 fully saturated rings. The lowest BCUT2D eigenvalue weighted by Crippen LogP contribution is -2.50. The Hall–Kier alpha value is -3.10. The van der Waals surface area contributed by atoms with E-state index in [1.165, 1.54) is 6.26 Å². The van der Waals surface area contributed by atoms with E-state index in [2.05, 4.69) is 10.2 Å². The monoisotopic (exact) mass is 370 g/mol. The van der Waals surface area contributed by atoms with Gasteiger partial charge in [-0.05, 0) is 19.1 Å². The van der Waals surface area contributed by atoms with E-state index in [-0.39, 0.29) is 11.8 Å². The Morgan fingerprint density at radius 2 is 1.93 bits per heavy atom. The summed E-state index contributed by atoms with van der Waals surface area (Å²) in [4.78, 5) is 28.4. The highest BCUT2D eigenvalue weighted by molar-refractivity contribution is 5.91. The Morgan fingerprint density at radius 1 is 1.19 bits per heavy atom. The van der Waals surface area contributed by atoms with Gasteiger partial charge in [-0.25, -0.2) is 0 Å². The minimum Gasteiger partial charge on any atom is -0.459 e. The smallest absolute Gasteiger partial charge is 0.289 e. The molecule has 0 radical (unpaired) electrons. The van der Waals surface area contributed by atoms with Crippen molar-refractivity contribution in [2.45, 2.75) is 19.9 Å². The van der Waals surface area contributed by atoms with Crippen molar-refractivity contribution in [2.24, 2.45) is 7.05 Å². The third-order valence-electron chi connectivity index (χ3n) is 5.00. The van der Waals surface area contributed by atoms with Crippen LogP contribution in [0.15, 0.2) is 29.0 Å². The Kier molecular flexibility index (Phi) is 4.43. The van der Waals surface area contributed by atoms with Gasteiger partial charge in [0.2, 0.25) is 5.91 Å². The van der Waals surface area contributed by atoms with E-state index >= 15 is 0 Å². The van der Waals surface area contributed by atoms with Gasteiger partial charge in [0, 0.05) is 39.6 Å². The summed E-state index contributed by atoms with van der Waals surface area (Å²) in [5, 5.41) is 8.77. The molecule has 0 spiro atoms. The van der Waals surface area contributed by atoms with E-state index in [9.17, 15) is 9.59 Å². The molecule has 27 heavy (non-hydrogen) atoms. The van der Waals surface area contributed by atoms with Crippen LogP contribution in [0.2, 0.25) is 0 Å². The summed E-state index contributed by atoms with van der Waals surface area (Å²) in [5.74, 6) is 0.285. The number of carbonyl (C=O) groups is 2. The zero-order chi connectivity index (χ0) is 19.0. The van der Waals surface area contributed by atoms with E-state index < -0.39 is 0 Å². The summed E-state index contributed by atoms with van der Waals surface area (Å²) in [6.45, 7) is 4.55. The third-order valence-corrected chi connectivity index (χ3v) is 5.00. The van der Waals surface area contributed by atoms with Crippen molar-refractivity contribution in [3.8, 4) is 0 Å². The first-order chi connectivity index (χ1) is 13.0. The number of aryl methyl sites for hydroxylation is 3. The zero-order valence-corrected chi connectivity index (χ0v) is 15.5. The van der Waals surface area contributed by atoms with Crippen LogP contribution in [-0.4, -0.2) is 67.4 Å². The van der Waals surface area contributed by atoms with Crippen LogP contribution in [0.3, 0.4) is 0 Å². The molecule has 4 rings (SSSR count). The van der Waals surface area contributed by atoms with Crippen LogP contribution in [0.25, 0.3) is 11.0 Å². The van der Waals surface area contributed by atoms with Gasteiger partial charge in [0.05, 0.1) is 24.7 Å². The standard InChI is InChI=1S/C18H22N6O3/c1-13-17-14(21(2)20-13)12-19-24(17)6-5-16(25)22-7-9-23(10-8-22)18(26)15-4-3-11-27-15/h3-4,11-12H,5-10H2,1-2H3. The van der Waals surface area contributed by atoms with Crippen LogP contribution in [0, 0.1) is 6.92 Å². The molecular weight excluding hydrogens is 348 g/mol. The molecule has 0 unspecified atom stereocenters. The molecule has 3 aromatic rings. The van der Waals surface area contributed by atoms with Gasteiger partial charge in [0.25, 0.3) is 5.91 Å². The van der Waals surface area contributed by atoms with Gasteiger partial charge >= 0.3 is 0 Å². The lowest BCUT2D eigenvalue weighted by molar-refractivity contribution is -0.132. The molecule has 0 aromatic carbocycles. The molecule has 3 aromatic heterocycles. The Bertz CT molecular complexity index is 963. The molecule has 142 valence electrons. The molecule has 1 aliphatic heterocycles. The van der Waals surface area contributed by atoms with Crippen LogP contribution in [-0.2, 0) is 18.4 Å². The van der Waals surface area contributed by atoms with Crippen molar-refractivity contribution < 1.29 is 14.0 Å². The summed E-state index contributed by atoms with van der Waals surface area (Å²) in [6, 6.07) is 3.36. The van der Waals surface area contributed by atoms with E-state index in [0.29, 0.717) is 44.9 Å².